The van der Waals surface area contributed by atoms with Gasteiger partial charge in [0, 0.05) is 31.4 Å². The summed E-state index contributed by atoms with van der Waals surface area (Å²) in [7, 11) is 1.60. The van der Waals surface area contributed by atoms with E-state index in [9.17, 15) is 9.90 Å². The maximum atomic E-state index is 12.4. The Bertz CT molecular complexity index is 845. The van der Waals surface area contributed by atoms with Gasteiger partial charge in [0.05, 0.1) is 7.11 Å². The molecule has 1 unspecified atom stereocenters. The zero-order valence-corrected chi connectivity index (χ0v) is 18.6. The molecule has 0 aliphatic carbocycles. The normalized spacial score (nSPS) is 15.9. The number of methoxy groups -OCH3 is 1. The second-order valence-corrected chi connectivity index (χ2v) is 8.06. The van der Waals surface area contributed by atoms with E-state index in [1.807, 2.05) is 56.3 Å². The summed E-state index contributed by atoms with van der Waals surface area (Å²) in [5.74, 6) is 1.28. The number of urea groups is 1. The minimum Gasteiger partial charge on any atom is -0.493 e. The van der Waals surface area contributed by atoms with Gasteiger partial charge in [-0.3, -0.25) is 0 Å². The largest absolute Gasteiger partial charge is 0.493 e. The van der Waals surface area contributed by atoms with Crippen LogP contribution in [0.2, 0.25) is 0 Å². The molecule has 0 spiro atoms. The summed E-state index contributed by atoms with van der Waals surface area (Å²) < 4.78 is 11.0. The fraction of sp³-hybridized carbons (Fsp3) is 0.458. The van der Waals surface area contributed by atoms with Crippen LogP contribution in [0, 0.1) is 13.8 Å². The van der Waals surface area contributed by atoms with Crippen molar-refractivity contribution in [2.45, 2.75) is 38.8 Å². The molecule has 0 aromatic heterocycles. The summed E-state index contributed by atoms with van der Waals surface area (Å²) in [5.41, 5.74) is 2.97. The third-order valence-corrected chi connectivity index (χ3v) is 5.61. The Morgan fingerprint density at radius 1 is 1.10 bits per heavy atom. The van der Waals surface area contributed by atoms with Crippen molar-refractivity contribution in [3.8, 4) is 11.5 Å². The molecule has 0 radical (unpaired) electrons. The molecule has 1 atom stereocenters. The molecule has 31 heavy (non-hydrogen) atoms. The van der Waals surface area contributed by atoms with Gasteiger partial charge in [0.1, 0.15) is 12.7 Å². The number of nitrogens with one attached hydrogen (secondary N) is 2. The highest BCUT2D eigenvalue weighted by Gasteiger charge is 2.23. The summed E-state index contributed by atoms with van der Waals surface area (Å²) in [4.78, 5) is 14.6. The monoisotopic (exact) mass is 427 g/mol. The Balaban J connectivity index is 1.38. The third-order valence-electron chi connectivity index (χ3n) is 5.61. The number of carbonyl (C=O) groups excluding carboxylic acids is 1. The number of para-hydroxylation sites is 3. The highest BCUT2D eigenvalue weighted by Crippen LogP contribution is 2.26. The number of β-amino-alcohol motifs (C(OH)–C–C–N with tert-alkyl or cyclic N) is 1. The van der Waals surface area contributed by atoms with Gasteiger partial charge in [0.15, 0.2) is 11.5 Å². The molecule has 2 aromatic carbocycles. The number of carbonyl (C=O) groups is 1. The van der Waals surface area contributed by atoms with Crippen LogP contribution in [0.25, 0.3) is 0 Å². The van der Waals surface area contributed by atoms with E-state index >= 15 is 0 Å². The van der Waals surface area contributed by atoms with Crippen LogP contribution in [0.15, 0.2) is 42.5 Å². The van der Waals surface area contributed by atoms with Crippen molar-refractivity contribution in [1.82, 2.24) is 10.2 Å². The molecular weight excluding hydrogens is 394 g/mol. The van der Waals surface area contributed by atoms with Gasteiger partial charge in [-0.15, -0.1) is 0 Å². The minimum absolute atomic E-state index is 0.127. The van der Waals surface area contributed by atoms with Crippen LogP contribution < -0.4 is 20.1 Å². The molecule has 7 heteroatoms. The molecule has 1 aliphatic rings. The van der Waals surface area contributed by atoms with E-state index in [0.29, 0.717) is 18.0 Å². The van der Waals surface area contributed by atoms with Crippen molar-refractivity contribution in [2.24, 2.45) is 0 Å². The fourth-order valence-electron chi connectivity index (χ4n) is 3.88. The Kier molecular flexibility index (Phi) is 8.14. The number of ether oxygens (including phenoxy) is 2. The highest BCUT2D eigenvalue weighted by molar-refractivity contribution is 5.91. The molecule has 7 nitrogen and oxygen atoms in total. The molecule has 168 valence electrons. The zero-order valence-electron chi connectivity index (χ0n) is 18.6. The number of likely N-dealkylation sites (tertiary alicyclic amines) is 1. The molecule has 1 heterocycles. The van der Waals surface area contributed by atoms with Crippen molar-refractivity contribution in [2.75, 3.05) is 38.7 Å². The lowest BCUT2D eigenvalue weighted by molar-refractivity contribution is 0.0576. The second kappa shape index (κ2) is 11.0. The van der Waals surface area contributed by atoms with Gasteiger partial charge in [-0.25, -0.2) is 4.79 Å². The van der Waals surface area contributed by atoms with Crippen LogP contribution in [-0.4, -0.2) is 61.5 Å². The lowest BCUT2D eigenvalue weighted by Crippen LogP contribution is -2.48. The van der Waals surface area contributed by atoms with Gasteiger partial charge < -0.3 is 30.1 Å². The van der Waals surface area contributed by atoms with Crippen molar-refractivity contribution in [1.29, 1.82) is 0 Å². The summed E-state index contributed by atoms with van der Waals surface area (Å²) in [6.07, 6.45) is 1.10. The molecule has 1 fully saturated rings. The molecule has 0 bridgehead atoms. The second-order valence-electron chi connectivity index (χ2n) is 8.06. The molecule has 2 amide bonds. The smallest absolute Gasteiger partial charge is 0.319 e. The Hall–Kier alpha value is -2.77. The number of aliphatic hydroxyl groups is 1. The van der Waals surface area contributed by atoms with Crippen LogP contribution in [0.3, 0.4) is 0 Å². The predicted octanol–water partition coefficient (Wildman–Crippen LogP) is 3.34. The predicted molar refractivity (Wildman–Crippen MR) is 122 cm³/mol. The lowest BCUT2D eigenvalue weighted by Gasteiger charge is -2.33. The van der Waals surface area contributed by atoms with Crippen molar-refractivity contribution in [3.63, 3.8) is 0 Å². The third kappa shape index (κ3) is 6.60. The number of nitrogens with zero attached hydrogens (tertiary/aromatic N) is 1. The standard InChI is InChI=1S/C24H33N3O4/c1-17-7-6-8-18(2)23(17)26-24(29)25-19-11-13-27(14-12-19)15-20(28)16-31-22-10-5-4-9-21(22)30-3/h4-10,19-20,28H,11-16H2,1-3H3,(H2,25,26,29). The quantitative estimate of drug-likeness (QED) is 0.602. The first-order chi connectivity index (χ1) is 15.0. The van der Waals surface area contributed by atoms with Crippen molar-refractivity contribution in [3.05, 3.63) is 53.6 Å². The molecule has 1 saturated heterocycles. The van der Waals surface area contributed by atoms with Crippen LogP contribution in [-0.2, 0) is 0 Å². The lowest BCUT2D eigenvalue weighted by atomic mass is 10.0. The summed E-state index contributed by atoms with van der Waals surface area (Å²) in [6.45, 7) is 6.36. The molecule has 2 aromatic rings. The number of piperidine rings is 1. The first kappa shape index (κ1) is 22.9. The fourth-order valence-corrected chi connectivity index (χ4v) is 3.88. The van der Waals surface area contributed by atoms with Crippen LogP contribution in [0.5, 0.6) is 11.5 Å². The van der Waals surface area contributed by atoms with Gasteiger partial charge in [-0.05, 0) is 49.9 Å². The van der Waals surface area contributed by atoms with Gasteiger partial charge in [0.2, 0.25) is 0 Å². The maximum Gasteiger partial charge on any atom is 0.319 e. The summed E-state index contributed by atoms with van der Waals surface area (Å²) >= 11 is 0. The van der Waals surface area contributed by atoms with E-state index in [0.717, 1.165) is 42.7 Å². The van der Waals surface area contributed by atoms with Gasteiger partial charge in [-0.1, -0.05) is 30.3 Å². The van der Waals surface area contributed by atoms with Gasteiger partial charge in [0.25, 0.3) is 0 Å². The number of aryl methyl sites for hydroxylation is 2. The van der Waals surface area contributed by atoms with Crippen LogP contribution in [0.4, 0.5) is 10.5 Å². The average molecular weight is 428 g/mol. The van der Waals surface area contributed by atoms with Crippen molar-refractivity contribution >= 4 is 11.7 Å². The zero-order chi connectivity index (χ0) is 22.2. The molecule has 3 N–H and O–H groups in total. The molecule has 0 saturated carbocycles. The van der Waals surface area contributed by atoms with E-state index in [1.165, 1.54) is 0 Å². The topological polar surface area (TPSA) is 83.1 Å². The highest BCUT2D eigenvalue weighted by atomic mass is 16.5. The van der Waals surface area contributed by atoms with E-state index in [-0.39, 0.29) is 18.7 Å². The summed E-state index contributed by atoms with van der Waals surface area (Å²) in [6, 6.07) is 13.3. The number of amides is 2. The summed E-state index contributed by atoms with van der Waals surface area (Å²) in [5, 5.41) is 16.4. The number of rotatable bonds is 8. The van der Waals surface area contributed by atoms with Gasteiger partial charge in [-0.2, -0.15) is 0 Å². The van der Waals surface area contributed by atoms with E-state index in [1.54, 1.807) is 7.11 Å². The van der Waals surface area contributed by atoms with Crippen molar-refractivity contribution < 1.29 is 19.4 Å². The Labute approximate surface area is 184 Å². The first-order valence-electron chi connectivity index (χ1n) is 10.8. The Morgan fingerprint density at radius 2 is 1.74 bits per heavy atom. The molecule has 3 rings (SSSR count). The average Bonchev–Trinajstić information content (AvgIpc) is 2.76. The molecule has 1 aliphatic heterocycles. The molecular formula is C24H33N3O4. The number of anilines is 1. The number of hydrogen-bond donors (Lipinski definition) is 3. The number of hydrogen-bond acceptors (Lipinski definition) is 5. The first-order valence-corrected chi connectivity index (χ1v) is 10.8. The maximum absolute atomic E-state index is 12.4. The van der Waals surface area contributed by atoms with E-state index in [4.69, 9.17) is 9.47 Å². The van der Waals surface area contributed by atoms with Gasteiger partial charge >= 0.3 is 6.03 Å². The van der Waals surface area contributed by atoms with E-state index < -0.39 is 6.10 Å². The Morgan fingerprint density at radius 3 is 2.39 bits per heavy atom. The minimum atomic E-state index is -0.596. The SMILES string of the molecule is COc1ccccc1OCC(O)CN1CCC(NC(=O)Nc2c(C)cccc2C)CC1. The number of aliphatic hydroxyl groups excluding tert-OH is 1. The van der Waals surface area contributed by atoms with E-state index in [2.05, 4.69) is 15.5 Å². The van der Waals surface area contributed by atoms with Crippen LogP contribution in [0.1, 0.15) is 24.0 Å². The number of benzene rings is 2. The van der Waals surface area contributed by atoms with Crippen LogP contribution >= 0.6 is 0 Å².